The summed E-state index contributed by atoms with van der Waals surface area (Å²) in [7, 11) is 1.59. The van der Waals surface area contributed by atoms with Crippen molar-refractivity contribution in [2.24, 2.45) is 0 Å². The Kier molecular flexibility index (Phi) is 7.87. The molecule has 0 saturated carbocycles. The number of carbonyl (C=O) groups is 2. The van der Waals surface area contributed by atoms with Crippen molar-refractivity contribution >= 4 is 11.7 Å². The van der Waals surface area contributed by atoms with Gasteiger partial charge in [0, 0.05) is 24.9 Å². The van der Waals surface area contributed by atoms with Crippen molar-refractivity contribution in [3.8, 4) is 5.75 Å². The largest absolute Gasteiger partial charge is 0.497 e. The summed E-state index contributed by atoms with van der Waals surface area (Å²) >= 11 is 0. The molecular formula is C23H30N2O4. The first-order valence-corrected chi connectivity index (χ1v) is 10.4. The zero-order valence-electron chi connectivity index (χ0n) is 17.1. The lowest BCUT2D eigenvalue weighted by Gasteiger charge is -2.29. The highest BCUT2D eigenvalue weighted by atomic mass is 16.5. The van der Waals surface area contributed by atoms with Crippen LogP contribution in [0.5, 0.6) is 5.75 Å². The van der Waals surface area contributed by atoms with Crippen LogP contribution in [0.2, 0.25) is 0 Å². The van der Waals surface area contributed by atoms with E-state index >= 15 is 0 Å². The number of likely N-dealkylation sites (tertiary alicyclic amines) is 1. The monoisotopic (exact) mass is 398 g/mol. The number of carbonyl (C=O) groups excluding carboxylic acids is 2. The number of benzene rings is 1. The lowest BCUT2D eigenvalue weighted by Crippen LogP contribution is -2.38. The predicted molar refractivity (Wildman–Crippen MR) is 111 cm³/mol. The molecule has 6 nitrogen and oxygen atoms in total. The van der Waals surface area contributed by atoms with Crippen LogP contribution in [0.15, 0.2) is 47.1 Å². The van der Waals surface area contributed by atoms with Gasteiger partial charge < -0.3 is 14.5 Å². The molecule has 0 radical (unpaired) electrons. The van der Waals surface area contributed by atoms with Gasteiger partial charge >= 0.3 is 0 Å². The molecule has 1 atom stereocenters. The minimum atomic E-state index is -0.113. The smallest absolute Gasteiger partial charge is 0.220 e. The molecule has 0 aliphatic carbocycles. The molecule has 1 N–H and O–H groups in total. The summed E-state index contributed by atoms with van der Waals surface area (Å²) in [6, 6.07) is 10.8. The first-order valence-electron chi connectivity index (χ1n) is 10.4. The second-order valence-corrected chi connectivity index (χ2v) is 7.44. The number of nitrogens with one attached hydrogen (secondary N) is 1. The number of rotatable bonds is 9. The van der Waals surface area contributed by atoms with Gasteiger partial charge in [0.05, 0.1) is 19.4 Å². The van der Waals surface area contributed by atoms with Crippen LogP contribution in [0, 0.1) is 0 Å². The Morgan fingerprint density at radius 1 is 1.07 bits per heavy atom. The molecule has 1 aromatic carbocycles. The number of nitrogens with zero attached hydrogens (tertiary/aromatic N) is 1. The molecule has 1 unspecified atom stereocenters. The molecule has 0 spiro atoms. The zero-order chi connectivity index (χ0) is 20.5. The van der Waals surface area contributed by atoms with E-state index in [2.05, 4.69) is 10.2 Å². The van der Waals surface area contributed by atoms with Crippen LogP contribution in [0.3, 0.4) is 0 Å². The van der Waals surface area contributed by atoms with Gasteiger partial charge in [0.25, 0.3) is 0 Å². The summed E-state index contributed by atoms with van der Waals surface area (Å²) < 4.78 is 10.7. The summed E-state index contributed by atoms with van der Waals surface area (Å²) in [4.78, 5) is 27.1. The first-order chi connectivity index (χ1) is 14.2. The molecule has 0 bridgehead atoms. The topological polar surface area (TPSA) is 71.8 Å². The third-order valence-electron chi connectivity index (χ3n) is 5.44. The van der Waals surface area contributed by atoms with Gasteiger partial charge in [-0.25, -0.2) is 0 Å². The molecule has 1 aliphatic rings. The fourth-order valence-corrected chi connectivity index (χ4v) is 3.74. The number of hydrogen-bond donors (Lipinski definition) is 1. The molecule has 2 aromatic rings. The lowest BCUT2D eigenvalue weighted by atomic mass is 10.1. The highest BCUT2D eigenvalue weighted by Gasteiger charge is 2.24. The molecule has 6 heteroatoms. The van der Waals surface area contributed by atoms with E-state index < -0.39 is 0 Å². The third-order valence-corrected chi connectivity index (χ3v) is 5.44. The van der Waals surface area contributed by atoms with Crippen LogP contribution in [-0.2, 0) is 4.79 Å². The highest BCUT2D eigenvalue weighted by Crippen LogP contribution is 2.24. The van der Waals surface area contributed by atoms with Crippen molar-refractivity contribution in [3.05, 3.63) is 54.0 Å². The number of ketones is 1. The lowest BCUT2D eigenvalue weighted by molar-refractivity contribution is -0.121. The minimum absolute atomic E-state index is 0.0318. The number of methoxy groups -OCH3 is 1. The van der Waals surface area contributed by atoms with Crippen LogP contribution in [0.25, 0.3) is 0 Å². The highest BCUT2D eigenvalue weighted by molar-refractivity contribution is 5.98. The van der Waals surface area contributed by atoms with E-state index in [1.165, 1.54) is 25.7 Å². The van der Waals surface area contributed by atoms with E-state index in [-0.39, 0.29) is 30.6 Å². The van der Waals surface area contributed by atoms with Crippen molar-refractivity contribution in [2.75, 3.05) is 26.7 Å². The van der Waals surface area contributed by atoms with Crippen molar-refractivity contribution in [2.45, 2.75) is 44.6 Å². The van der Waals surface area contributed by atoms with Crippen LogP contribution >= 0.6 is 0 Å². The quantitative estimate of drug-likeness (QED) is 0.647. The van der Waals surface area contributed by atoms with Gasteiger partial charge in [0.1, 0.15) is 11.5 Å². The van der Waals surface area contributed by atoms with Crippen LogP contribution in [0.1, 0.15) is 60.7 Å². The van der Waals surface area contributed by atoms with E-state index in [1.807, 2.05) is 12.1 Å². The summed E-state index contributed by atoms with van der Waals surface area (Å²) in [6.07, 6.45) is 6.88. The van der Waals surface area contributed by atoms with Crippen LogP contribution in [0.4, 0.5) is 0 Å². The second kappa shape index (κ2) is 10.8. The van der Waals surface area contributed by atoms with Crippen molar-refractivity contribution < 1.29 is 18.7 Å². The van der Waals surface area contributed by atoms with Gasteiger partial charge in [-0.1, -0.05) is 12.8 Å². The zero-order valence-corrected chi connectivity index (χ0v) is 17.1. The van der Waals surface area contributed by atoms with Crippen molar-refractivity contribution in [1.29, 1.82) is 0 Å². The maximum Gasteiger partial charge on any atom is 0.220 e. The molecule has 1 aromatic heterocycles. The third kappa shape index (κ3) is 6.19. The van der Waals surface area contributed by atoms with Gasteiger partial charge in [0.15, 0.2) is 5.78 Å². The Bertz CT molecular complexity index is 763. The van der Waals surface area contributed by atoms with Gasteiger partial charge in [-0.2, -0.15) is 0 Å². The maximum atomic E-state index is 12.4. The van der Waals surface area contributed by atoms with Crippen LogP contribution < -0.4 is 10.1 Å². The van der Waals surface area contributed by atoms with Crippen molar-refractivity contribution in [1.82, 2.24) is 10.2 Å². The van der Waals surface area contributed by atoms with Gasteiger partial charge in [-0.05, 0) is 62.3 Å². The van der Waals surface area contributed by atoms with Crippen LogP contribution in [-0.4, -0.2) is 43.3 Å². The molecule has 3 rings (SSSR count). The van der Waals surface area contributed by atoms with E-state index in [0.29, 0.717) is 17.9 Å². The average molecular weight is 399 g/mol. The van der Waals surface area contributed by atoms with E-state index in [0.717, 1.165) is 18.8 Å². The van der Waals surface area contributed by atoms with Crippen molar-refractivity contribution in [3.63, 3.8) is 0 Å². The predicted octanol–water partition coefficient (Wildman–Crippen LogP) is 3.98. The second-order valence-electron chi connectivity index (χ2n) is 7.44. The summed E-state index contributed by atoms with van der Waals surface area (Å²) in [5.41, 5.74) is 0.594. The van der Waals surface area contributed by atoms with Gasteiger partial charge in [-0.15, -0.1) is 0 Å². The summed E-state index contributed by atoms with van der Waals surface area (Å²) in [5.74, 6) is 1.43. The minimum Gasteiger partial charge on any atom is -0.497 e. The maximum absolute atomic E-state index is 12.4. The molecule has 1 aliphatic heterocycles. The Labute approximate surface area is 172 Å². The molecule has 1 amide bonds. The van der Waals surface area contributed by atoms with Gasteiger partial charge in [-0.3, -0.25) is 14.5 Å². The Balaban J connectivity index is 1.50. The number of amides is 1. The molecular weight excluding hydrogens is 368 g/mol. The van der Waals surface area contributed by atoms with E-state index in [4.69, 9.17) is 9.15 Å². The van der Waals surface area contributed by atoms with E-state index in [1.54, 1.807) is 37.6 Å². The Hall–Kier alpha value is -2.60. The standard InChI is InChI=1S/C23H30N2O4/c1-28-19-10-8-18(9-11-19)21(26)12-13-23(27)24-17-20(22-7-6-16-29-22)25-14-4-2-3-5-15-25/h6-11,16,20H,2-5,12-15,17H2,1H3,(H,24,27). The summed E-state index contributed by atoms with van der Waals surface area (Å²) in [6.45, 7) is 2.51. The Morgan fingerprint density at radius 3 is 2.41 bits per heavy atom. The normalized spacial score (nSPS) is 16.0. The Morgan fingerprint density at radius 2 is 1.79 bits per heavy atom. The number of furan rings is 1. The fourth-order valence-electron chi connectivity index (χ4n) is 3.74. The summed E-state index contributed by atoms with van der Waals surface area (Å²) in [5, 5.41) is 3.00. The first kappa shape index (κ1) is 21.1. The number of Topliss-reactive ketones (excluding diaryl/α,β-unsaturated/α-hetero) is 1. The molecule has 1 fully saturated rings. The SMILES string of the molecule is COc1ccc(C(=O)CCC(=O)NCC(c2ccco2)N2CCCCCC2)cc1. The number of hydrogen-bond acceptors (Lipinski definition) is 5. The van der Waals surface area contributed by atoms with Gasteiger partial charge in [0.2, 0.25) is 5.91 Å². The molecule has 1 saturated heterocycles. The average Bonchev–Trinajstić information content (AvgIpc) is 3.15. The fraction of sp³-hybridized carbons (Fsp3) is 0.478. The molecule has 2 heterocycles. The molecule has 156 valence electrons. The van der Waals surface area contributed by atoms with E-state index in [9.17, 15) is 9.59 Å². The number of ether oxygens (including phenoxy) is 1. The molecule has 29 heavy (non-hydrogen) atoms.